The molecule has 0 spiro atoms. The Hall–Kier alpha value is -0.660. The van der Waals surface area contributed by atoms with Gasteiger partial charge >= 0.3 is 0 Å². The van der Waals surface area contributed by atoms with Gasteiger partial charge in [0.25, 0.3) is 0 Å². The van der Waals surface area contributed by atoms with Gasteiger partial charge in [-0.25, -0.2) is 8.42 Å². The van der Waals surface area contributed by atoms with Crippen LogP contribution in [0.3, 0.4) is 0 Å². The number of sulfonamides is 1. The molecule has 0 aromatic rings. The summed E-state index contributed by atoms with van der Waals surface area (Å²) in [6, 6.07) is -0.388. The molecule has 2 aliphatic rings. The van der Waals surface area contributed by atoms with Crippen molar-refractivity contribution in [2.75, 3.05) is 25.4 Å². The first-order valence-corrected chi connectivity index (χ1v) is 9.66. The summed E-state index contributed by atoms with van der Waals surface area (Å²) in [5, 5.41) is 6.28. The molecule has 2 heterocycles. The van der Waals surface area contributed by atoms with Gasteiger partial charge < -0.3 is 10.6 Å². The van der Waals surface area contributed by atoms with Crippen molar-refractivity contribution in [3.05, 3.63) is 0 Å². The van der Waals surface area contributed by atoms with E-state index >= 15 is 0 Å². The van der Waals surface area contributed by atoms with Gasteiger partial charge in [0.2, 0.25) is 15.9 Å². The fourth-order valence-corrected chi connectivity index (χ4v) is 4.89. The second kappa shape index (κ2) is 7.56. The monoisotopic (exact) mass is 317 g/mol. The molecule has 2 N–H and O–H groups in total. The number of piperidine rings is 2. The normalized spacial score (nSPS) is 28.2. The van der Waals surface area contributed by atoms with E-state index in [1.165, 1.54) is 4.31 Å². The van der Waals surface area contributed by atoms with Crippen LogP contribution in [0.15, 0.2) is 0 Å². The Morgan fingerprint density at radius 3 is 2.76 bits per heavy atom. The summed E-state index contributed by atoms with van der Waals surface area (Å²) >= 11 is 0. The number of carbonyl (C=O) groups excluding carboxylic acids is 1. The van der Waals surface area contributed by atoms with Crippen LogP contribution in [-0.2, 0) is 14.8 Å². The van der Waals surface area contributed by atoms with Gasteiger partial charge in [-0.3, -0.25) is 4.79 Å². The molecule has 122 valence electrons. The number of rotatable bonds is 5. The Labute approximate surface area is 127 Å². The number of nitrogens with zero attached hydrogens (tertiary/aromatic N) is 1. The maximum absolute atomic E-state index is 12.5. The first-order chi connectivity index (χ1) is 10.0. The third-order valence-electron chi connectivity index (χ3n) is 4.22. The van der Waals surface area contributed by atoms with E-state index in [4.69, 9.17) is 0 Å². The predicted octanol–water partition coefficient (Wildman–Crippen LogP) is 0.449. The maximum Gasteiger partial charge on any atom is 0.238 e. The van der Waals surface area contributed by atoms with Gasteiger partial charge in [-0.2, -0.15) is 4.31 Å². The molecule has 0 saturated carbocycles. The molecule has 7 heteroatoms. The highest BCUT2D eigenvalue weighted by atomic mass is 32.2. The van der Waals surface area contributed by atoms with Crippen molar-refractivity contribution in [2.45, 2.75) is 57.5 Å². The molecule has 0 bridgehead atoms. The smallest absolute Gasteiger partial charge is 0.238 e. The SMILES string of the molecule is CCCS(=O)(=O)N1CCCCC1C(=O)NC1CCCNC1. The predicted molar refractivity (Wildman–Crippen MR) is 82.5 cm³/mol. The van der Waals surface area contributed by atoms with Crippen LogP contribution in [0.4, 0.5) is 0 Å². The zero-order chi connectivity index (χ0) is 15.3. The summed E-state index contributed by atoms with van der Waals surface area (Å²) in [7, 11) is -3.31. The highest BCUT2D eigenvalue weighted by molar-refractivity contribution is 7.89. The molecular formula is C14H27N3O3S. The van der Waals surface area contributed by atoms with Crippen LogP contribution in [0.5, 0.6) is 0 Å². The van der Waals surface area contributed by atoms with Crippen LogP contribution in [-0.4, -0.2) is 56.1 Å². The van der Waals surface area contributed by atoms with Crippen molar-refractivity contribution >= 4 is 15.9 Å². The van der Waals surface area contributed by atoms with Crippen molar-refractivity contribution in [1.29, 1.82) is 0 Å². The Bertz CT molecular complexity index is 446. The van der Waals surface area contributed by atoms with E-state index in [0.29, 0.717) is 19.4 Å². The first-order valence-electron chi connectivity index (χ1n) is 8.05. The lowest BCUT2D eigenvalue weighted by atomic mass is 10.0. The summed E-state index contributed by atoms with van der Waals surface area (Å²) in [5.41, 5.74) is 0. The minimum Gasteiger partial charge on any atom is -0.351 e. The number of hydrogen-bond acceptors (Lipinski definition) is 4. The van der Waals surface area contributed by atoms with E-state index in [2.05, 4.69) is 10.6 Å². The minimum atomic E-state index is -3.31. The number of carbonyl (C=O) groups is 1. The van der Waals surface area contributed by atoms with Gasteiger partial charge in [-0.05, 0) is 38.6 Å². The number of nitrogens with one attached hydrogen (secondary N) is 2. The summed E-state index contributed by atoms with van der Waals surface area (Å²) in [4.78, 5) is 12.5. The van der Waals surface area contributed by atoms with Crippen molar-refractivity contribution < 1.29 is 13.2 Å². The van der Waals surface area contributed by atoms with Gasteiger partial charge in [0.1, 0.15) is 6.04 Å². The molecule has 21 heavy (non-hydrogen) atoms. The molecule has 2 fully saturated rings. The lowest BCUT2D eigenvalue weighted by Gasteiger charge is -2.35. The van der Waals surface area contributed by atoms with Crippen molar-refractivity contribution in [3.63, 3.8) is 0 Å². The molecule has 0 aromatic carbocycles. The molecule has 0 aromatic heterocycles. The molecule has 2 unspecified atom stereocenters. The molecule has 6 nitrogen and oxygen atoms in total. The first kappa shape index (κ1) is 16.7. The molecule has 2 rings (SSSR count). The molecule has 0 aliphatic carbocycles. The molecule has 0 radical (unpaired) electrons. The van der Waals surface area contributed by atoms with E-state index in [0.717, 1.165) is 38.8 Å². The summed E-state index contributed by atoms with van der Waals surface area (Å²) in [6.45, 7) is 4.10. The Balaban J connectivity index is 2.01. The Kier molecular flexibility index (Phi) is 6.01. The van der Waals surface area contributed by atoms with E-state index in [1.54, 1.807) is 0 Å². The molecule has 1 amide bonds. The highest BCUT2D eigenvalue weighted by Crippen LogP contribution is 2.21. The zero-order valence-corrected chi connectivity index (χ0v) is 13.6. The van der Waals surface area contributed by atoms with Gasteiger partial charge in [-0.15, -0.1) is 0 Å². The van der Waals surface area contributed by atoms with Crippen molar-refractivity contribution in [2.24, 2.45) is 0 Å². The fourth-order valence-electron chi connectivity index (χ4n) is 3.15. The summed E-state index contributed by atoms with van der Waals surface area (Å²) in [5.74, 6) is 0.00460. The van der Waals surface area contributed by atoms with Crippen LogP contribution < -0.4 is 10.6 Å². The molecule has 2 aliphatic heterocycles. The average Bonchev–Trinajstić information content (AvgIpc) is 2.48. The van der Waals surface area contributed by atoms with Crippen LogP contribution in [0.1, 0.15) is 45.4 Å². The lowest BCUT2D eigenvalue weighted by Crippen LogP contribution is -2.56. The fraction of sp³-hybridized carbons (Fsp3) is 0.929. The topological polar surface area (TPSA) is 78.5 Å². The van der Waals surface area contributed by atoms with E-state index < -0.39 is 16.1 Å². The number of amides is 1. The Morgan fingerprint density at radius 2 is 2.10 bits per heavy atom. The van der Waals surface area contributed by atoms with Gasteiger partial charge in [0, 0.05) is 19.1 Å². The zero-order valence-electron chi connectivity index (χ0n) is 12.8. The van der Waals surface area contributed by atoms with Crippen LogP contribution in [0.25, 0.3) is 0 Å². The molecule has 2 atom stereocenters. The number of hydrogen-bond donors (Lipinski definition) is 2. The third-order valence-corrected chi connectivity index (χ3v) is 6.29. The lowest BCUT2D eigenvalue weighted by molar-refractivity contribution is -0.126. The minimum absolute atomic E-state index is 0.122. The standard InChI is InChI=1S/C14H27N3O3S/c1-2-10-21(19,20)17-9-4-3-7-13(17)14(18)16-12-6-5-8-15-11-12/h12-13,15H,2-11H2,1H3,(H,16,18). The van der Waals surface area contributed by atoms with Crippen LogP contribution >= 0.6 is 0 Å². The van der Waals surface area contributed by atoms with Gasteiger partial charge in [0.15, 0.2) is 0 Å². The molecular weight excluding hydrogens is 290 g/mol. The van der Waals surface area contributed by atoms with Crippen molar-refractivity contribution in [3.8, 4) is 0 Å². The Morgan fingerprint density at radius 1 is 1.29 bits per heavy atom. The maximum atomic E-state index is 12.5. The molecule has 2 saturated heterocycles. The highest BCUT2D eigenvalue weighted by Gasteiger charge is 2.36. The largest absolute Gasteiger partial charge is 0.351 e. The second-order valence-corrected chi connectivity index (χ2v) is 8.03. The van der Waals surface area contributed by atoms with Crippen molar-refractivity contribution in [1.82, 2.24) is 14.9 Å². The third kappa shape index (κ3) is 4.40. The van der Waals surface area contributed by atoms with E-state index in [1.807, 2.05) is 6.92 Å². The van der Waals surface area contributed by atoms with E-state index in [9.17, 15) is 13.2 Å². The van der Waals surface area contributed by atoms with Crippen LogP contribution in [0, 0.1) is 0 Å². The average molecular weight is 317 g/mol. The summed E-state index contributed by atoms with van der Waals surface area (Å²) in [6.07, 6.45) is 4.99. The van der Waals surface area contributed by atoms with Crippen LogP contribution in [0.2, 0.25) is 0 Å². The van der Waals surface area contributed by atoms with Gasteiger partial charge in [0.05, 0.1) is 5.75 Å². The van der Waals surface area contributed by atoms with E-state index in [-0.39, 0.29) is 17.7 Å². The summed E-state index contributed by atoms with van der Waals surface area (Å²) < 4.78 is 26.1. The second-order valence-electron chi connectivity index (χ2n) is 5.99. The quantitative estimate of drug-likeness (QED) is 0.772. The van der Waals surface area contributed by atoms with Gasteiger partial charge in [-0.1, -0.05) is 13.3 Å².